The Morgan fingerprint density at radius 3 is 2.67 bits per heavy atom. The Kier molecular flexibility index (Phi) is 3.80. The van der Waals surface area contributed by atoms with Crippen molar-refractivity contribution in [2.75, 3.05) is 25.4 Å². The highest BCUT2D eigenvalue weighted by atomic mass is 19.2. The lowest BCUT2D eigenvalue weighted by Gasteiger charge is -2.21. The summed E-state index contributed by atoms with van der Waals surface area (Å²) in [6.07, 6.45) is 2.48. The van der Waals surface area contributed by atoms with Crippen LogP contribution in [0.25, 0.3) is 11.0 Å². The first-order valence-electron chi connectivity index (χ1n) is 7.38. The second-order valence-corrected chi connectivity index (χ2v) is 5.92. The van der Waals surface area contributed by atoms with Gasteiger partial charge in [0.25, 0.3) is 0 Å². The number of hydrogen-bond donors (Lipinski definition) is 1. The van der Waals surface area contributed by atoms with Crippen LogP contribution in [0.15, 0.2) is 12.1 Å². The maximum Gasteiger partial charge on any atom is 0.201 e. The molecule has 0 bridgehead atoms. The predicted molar refractivity (Wildman–Crippen MR) is 78.9 cm³/mol. The monoisotopic (exact) mass is 294 g/mol. The van der Waals surface area contributed by atoms with Gasteiger partial charge in [-0.25, -0.2) is 13.8 Å². The van der Waals surface area contributed by atoms with Gasteiger partial charge in [-0.05, 0) is 44.0 Å². The number of halogens is 2. The third kappa shape index (κ3) is 2.72. The number of nitrogen functional groups attached to an aromatic ring is 1. The molecule has 2 aromatic rings. The molecule has 0 aliphatic carbocycles. The maximum atomic E-state index is 14.0. The van der Waals surface area contributed by atoms with Crippen molar-refractivity contribution in [2.24, 2.45) is 5.92 Å². The molecule has 2 N–H and O–H groups in total. The van der Waals surface area contributed by atoms with E-state index in [2.05, 4.69) is 16.8 Å². The number of hydrogen-bond acceptors (Lipinski definition) is 3. The molecule has 1 fully saturated rings. The van der Waals surface area contributed by atoms with E-state index in [0.29, 0.717) is 18.0 Å². The van der Waals surface area contributed by atoms with Crippen LogP contribution in [0.3, 0.4) is 0 Å². The Morgan fingerprint density at radius 1 is 1.24 bits per heavy atom. The van der Waals surface area contributed by atoms with Gasteiger partial charge >= 0.3 is 0 Å². The van der Waals surface area contributed by atoms with Crippen molar-refractivity contribution in [3.8, 4) is 0 Å². The van der Waals surface area contributed by atoms with Gasteiger partial charge in [-0.2, -0.15) is 0 Å². The van der Waals surface area contributed by atoms with Gasteiger partial charge in [0, 0.05) is 13.1 Å². The topological polar surface area (TPSA) is 47.1 Å². The third-order valence-electron chi connectivity index (χ3n) is 4.09. The number of fused-ring (bicyclic) bond motifs is 1. The lowest BCUT2D eigenvalue weighted by Crippen LogP contribution is -2.27. The molecular weight excluding hydrogens is 274 g/mol. The minimum atomic E-state index is -0.870. The van der Waals surface area contributed by atoms with Crippen molar-refractivity contribution >= 4 is 17.0 Å². The van der Waals surface area contributed by atoms with Crippen LogP contribution in [-0.2, 0) is 6.54 Å². The molecule has 0 saturated carbocycles. The zero-order valence-electron chi connectivity index (χ0n) is 12.1. The van der Waals surface area contributed by atoms with E-state index in [0.717, 1.165) is 25.7 Å². The smallest absolute Gasteiger partial charge is 0.201 e. The van der Waals surface area contributed by atoms with E-state index in [9.17, 15) is 8.78 Å². The summed E-state index contributed by atoms with van der Waals surface area (Å²) in [7, 11) is 0. The molecule has 6 heteroatoms. The zero-order valence-corrected chi connectivity index (χ0v) is 12.1. The molecule has 114 valence electrons. The summed E-state index contributed by atoms with van der Waals surface area (Å²) in [5.41, 5.74) is 6.45. The Balaban J connectivity index is 1.85. The van der Waals surface area contributed by atoms with E-state index in [-0.39, 0.29) is 11.5 Å². The summed E-state index contributed by atoms with van der Waals surface area (Å²) in [5.74, 6) is -1.20. The average Bonchev–Trinajstić information content (AvgIpc) is 3.04. The first-order valence-corrected chi connectivity index (χ1v) is 7.38. The normalized spacial score (nSPS) is 17.7. The van der Waals surface area contributed by atoms with Crippen LogP contribution in [0.4, 0.5) is 14.7 Å². The molecular formula is C15H20F2N4. The number of likely N-dealkylation sites (tertiary alicyclic amines) is 1. The second kappa shape index (κ2) is 5.60. The highest BCUT2D eigenvalue weighted by Gasteiger charge is 2.19. The molecule has 2 heterocycles. The number of imidazole rings is 1. The van der Waals surface area contributed by atoms with Crippen LogP contribution in [0, 0.1) is 17.6 Å². The van der Waals surface area contributed by atoms with E-state index in [1.807, 2.05) is 0 Å². The van der Waals surface area contributed by atoms with Gasteiger partial charge in [0.05, 0.1) is 5.52 Å². The number of nitrogens with zero attached hydrogens (tertiary/aromatic N) is 3. The quantitative estimate of drug-likeness (QED) is 0.943. The zero-order chi connectivity index (χ0) is 15.0. The SMILES string of the molecule is CC(CN1CCCC1)Cn1c(N)nc2ccc(F)c(F)c21. The molecule has 0 spiro atoms. The van der Waals surface area contributed by atoms with E-state index in [1.54, 1.807) is 4.57 Å². The van der Waals surface area contributed by atoms with E-state index in [4.69, 9.17) is 5.73 Å². The van der Waals surface area contributed by atoms with Gasteiger partial charge in [0.15, 0.2) is 11.6 Å². The van der Waals surface area contributed by atoms with Gasteiger partial charge in [0.1, 0.15) is 5.52 Å². The summed E-state index contributed by atoms with van der Waals surface area (Å²) >= 11 is 0. The summed E-state index contributed by atoms with van der Waals surface area (Å²) in [4.78, 5) is 6.52. The Bertz CT molecular complexity index is 647. The molecule has 1 aromatic carbocycles. The molecule has 1 saturated heterocycles. The van der Waals surface area contributed by atoms with Crippen LogP contribution in [-0.4, -0.2) is 34.1 Å². The van der Waals surface area contributed by atoms with Crippen molar-refractivity contribution in [3.05, 3.63) is 23.8 Å². The molecule has 1 aliphatic rings. The molecule has 1 aliphatic heterocycles. The number of aromatic nitrogens is 2. The predicted octanol–water partition coefficient (Wildman–Crippen LogP) is 2.63. The van der Waals surface area contributed by atoms with Crippen molar-refractivity contribution in [1.82, 2.24) is 14.5 Å². The second-order valence-electron chi connectivity index (χ2n) is 5.92. The van der Waals surface area contributed by atoms with Crippen LogP contribution in [0.1, 0.15) is 19.8 Å². The Hall–Kier alpha value is -1.69. The summed E-state index contributed by atoms with van der Waals surface area (Å²) in [5, 5.41) is 0. The van der Waals surface area contributed by atoms with Crippen molar-refractivity contribution < 1.29 is 8.78 Å². The standard InChI is InChI=1S/C15H20F2N4/c1-10(8-20-6-2-3-7-20)9-21-14-12(19-15(21)18)5-4-11(16)13(14)17/h4-5,10H,2-3,6-9H2,1H3,(H2,18,19). The van der Waals surface area contributed by atoms with Gasteiger partial charge in [-0.1, -0.05) is 6.92 Å². The molecule has 1 atom stereocenters. The molecule has 3 rings (SSSR count). The molecule has 0 amide bonds. The molecule has 0 radical (unpaired) electrons. The van der Waals surface area contributed by atoms with Gasteiger partial charge in [0.2, 0.25) is 5.95 Å². The van der Waals surface area contributed by atoms with Gasteiger partial charge < -0.3 is 15.2 Å². The van der Waals surface area contributed by atoms with Crippen LogP contribution >= 0.6 is 0 Å². The van der Waals surface area contributed by atoms with E-state index >= 15 is 0 Å². The molecule has 1 unspecified atom stereocenters. The number of benzene rings is 1. The first kappa shape index (κ1) is 14.3. The fourth-order valence-electron chi connectivity index (χ4n) is 3.14. The number of anilines is 1. The van der Waals surface area contributed by atoms with E-state index < -0.39 is 11.6 Å². The lowest BCUT2D eigenvalue weighted by molar-refractivity contribution is 0.273. The van der Waals surface area contributed by atoms with Crippen molar-refractivity contribution in [2.45, 2.75) is 26.3 Å². The minimum absolute atomic E-state index is 0.167. The fourth-order valence-corrected chi connectivity index (χ4v) is 3.14. The van der Waals surface area contributed by atoms with Crippen LogP contribution in [0.5, 0.6) is 0 Å². The highest BCUT2D eigenvalue weighted by Crippen LogP contribution is 2.24. The average molecular weight is 294 g/mol. The number of nitrogens with two attached hydrogens (primary N) is 1. The summed E-state index contributed by atoms with van der Waals surface area (Å²) in [6.45, 7) is 5.82. The number of rotatable bonds is 4. The molecule has 1 aromatic heterocycles. The van der Waals surface area contributed by atoms with Gasteiger partial charge in [-0.3, -0.25) is 0 Å². The highest BCUT2D eigenvalue weighted by molar-refractivity contribution is 5.79. The van der Waals surface area contributed by atoms with Crippen LogP contribution < -0.4 is 5.73 Å². The maximum absolute atomic E-state index is 14.0. The Morgan fingerprint density at radius 2 is 1.95 bits per heavy atom. The largest absolute Gasteiger partial charge is 0.369 e. The Labute approximate surface area is 122 Å². The van der Waals surface area contributed by atoms with Crippen LogP contribution in [0.2, 0.25) is 0 Å². The summed E-state index contributed by atoms with van der Waals surface area (Å²) < 4.78 is 29.1. The van der Waals surface area contributed by atoms with E-state index in [1.165, 1.54) is 18.9 Å². The van der Waals surface area contributed by atoms with Crippen molar-refractivity contribution in [3.63, 3.8) is 0 Å². The lowest BCUT2D eigenvalue weighted by atomic mass is 10.1. The fraction of sp³-hybridized carbons (Fsp3) is 0.533. The summed E-state index contributed by atoms with van der Waals surface area (Å²) in [6, 6.07) is 2.55. The molecule has 4 nitrogen and oxygen atoms in total. The van der Waals surface area contributed by atoms with Crippen molar-refractivity contribution in [1.29, 1.82) is 0 Å². The third-order valence-corrected chi connectivity index (χ3v) is 4.09. The molecule has 21 heavy (non-hydrogen) atoms. The minimum Gasteiger partial charge on any atom is -0.369 e. The first-order chi connectivity index (χ1) is 10.1. The van der Waals surface area contributed by atoms with Gasteiger partial charge in [-0.15, -0.1) is 0 Å².